The Morgan fingerprint density at radius 2 is 1.75 bits per heavy atom. The van der Waals surface area contributed by atoms with Gasteiger partial charge in [-0.2, -0.15) is 0 Å². The van der Waals surface area contributed by atoms with Crippen LogP contribution in [0, 0.1) is 11.8 Å². The van der Waals surface area contributed by atoms with E-state index >= 15 is 0 Å². The fraction of sp³-hybridized carbons (Fsp3) is 1.00. The Labute approximate surface area is 76.7 Å². The van der Waals surface area contributed by atoms with Crippen LogP contribution in [0.15, 0.2) is 0 Å². The van der Waals surface area contributed by atoms with Crippen LogP contribution < -0.4 is 5.73 Å². The largest absolute Gasteiger partial charge is 0.325 e. The molecule has 1 rings (SSSR count). The molecule has 1 aliphatic carbocycles. The quantitative estimate of drug-likeness (QED) is 0.675. The normalized spacial score (nSPS) is 36.0. The minimum atomic E-state index is 0.0974. The fourth-order valence-electron chi connectivity index (χ4n) is 2.21. The zero-order chi connectivity index (χ0) is 9.19. The van der Waals surface area contributed by atoms with Gasteiger partial charge in [0, 0.05) is 5.54 Å². The van der Waals surface area contributed by atoms with E-state index in [4.69, 9.17) is 5.73 Å². The standard InChI is InChI=1S/C11H23N/c1-4-11(3,12)10-7-5-9(2)6-8-10/h9-10H,4-8,12H2,1-3H3. The first-order valence-corrected chi connectivity index (χ1v) is 5.35. The van der Waals surface area contributed by atoms with Gasteiger partial charge in [0.25, 0.3) is 0 Å². The van der Waals surface area contributed by atoms with E-state index in [1.54, 1.807) is 0 Å². The van der Waals surface area contributed by atoms with Gasteiger partial charge in [-0.3, -0.25) is 0 Å². The maximum Gasteiger partial charge on any atom is 0.0151 e. The molecule has 0 spiro atoms. The molecule has 12 heavy (non-hydrogen) atoms. The van der Waals surface area contributed by atoms with Gasteiger partial charge in [-0.25, -0.2) is 0 Å². The zero-order valence-corrected chi connectivity index (χ0v) is 8.77. The SMILES string of the molecule is CCC(C)(N)C1CCC(C)CC1. The lowest BCUT2D eigenvalue weighted by Crippen LogP contribution is -2.44. The Hall–Kier alpha value is -0.0400. The van der Waals surface area contributed by atoms with Crippen LogP contribution in [-0.4, -0.2) is 5.54 Å². The lowest BCUT2D eigenvalue weighted by Gasteiger charge is -2.37. The molecule has 1 saturated carbocycles. The molecule has 1 atom stereocenters. The predicted molar refractivity (Wildman–Crippen MR) is 54.0 cm³/mol. The first kappa shape index (κ1) is 10.0. The zero-order valence-electron chi connectivity index (χ0n) is 8.77. The summed E-state index contributed by atoms with van der Waals surface area (Å²) in [5.41, 5.74) is 6.33. The van der Waals surface area contributed by atoms with E-state index in [1.165, 1.54) is 25.7 Å². The summed E-state index contributed by atoms with van der Waals surface area (Å²) in [5.74, 6) is 1.72. The second-order valence-electron chi connectivity index (χ2n) is 4.82. The van der Waals surface area contributed by atoms with Crippen molar-refractivity contribution in [1.82, 2.24) is 0 Å². The number of nitrogens with two attached hydrogens (primary N) is 1. The van der Waals surface area contributed by atoms with Gasteiger partial charge in [-0.15, -0.1) is 0 Å². The Morgan fingerprint density at radius 1 is 1.25 bits per heavy atom. The van der Waals surface area contributed by atoms with Crippen molar-refractivity contribution in [3.05, 3.63) is 0 Å². The van der Waals surface area contributed by atoms with Gasteiger partial charge in [0.15, 0.2) is 0 Å². The van der Waals surface area contributed by atoms with Crippen molar-refractivity contribution in [2.24, 2.45) is 17.6 Å². The van der Waals surface area contributed by atoms with Crippen LogP contribution >= 0.6 is 0 Å². The molecule has 2 N–H and O–H groups in total. The second-order valence-corrected chi connectivity index (χ2v) is 4.82. The lowest BCUT2D eigenvalue weighted by molar-refractivity contribution is 0.188. The predicted octanol–water partition coefficient (Wildman–Crippen LogP) is 2.94. The molecule has 0 aliphatic heterocycles. The molecule has 0 heterocycles. The molecule has 1 aliphatic rings. The minimum absolute atomic E-state index is 0.0974. The summed E-state index contributed by atoms with van der Waals surface area (Å²) >= 11 is 0. The lowest BCUT2D eigenvalue weighted by atomic mass is 9.72. The molecule has 0 aromatic carbocycles. The Balaban J connectivity index is 2.44. The monoisotopic (exact) mass is 169 g/mol. The van der Waals surface area contributed by atoms with Crippen molar-refractivity contribution in [3.8, 4) is 0 Å². The molecule has 0 radical (unpaired) electrons. The molecular formula is C11H23N. The highest BCUT2D eigenvalue weighted by molar-refractivity contribution is 4.88. The van der Waals surface area contributed by atoms with Crippen LogP contribution in [0.25, 0.3) is 0 Å². The van der Waals surface area contributed by atoms with Crippen molar-refractivity contribution in [1.29, 1.82) is 0 Å². The highest BCUT2D eigenvalue weighted by Crippen LogP contribution is 2.35. The Kier molecular flexibility index (Phi) is 3.16. The van der Waals surface area contributed by atoms with Crippen LogP contribution in [0.4, 0.5) is 0 Å². The third-order valence-corrected chi connectivity index (χ3v) is 3.71. The first-order chi connectivity index (χ1) is 5.56. The van der Waals surface area contributed by atoms with Gasteiger partial charge in [0.2, 0.25) is 0 Å². The van der Waals surface area contributed by atoms with Crippen LogP contribution in [-0.2, 0) is 0 Å². The van der Waals surface area contributed by atoms with Gasteiger partial charge in [0.1, 0.15) is 0 Å². The Bertz CT molecular complexity index is 132. The second kappa shape index (κ2) is 3.78. The average molecular weight is 169 g/mol. The van der Waals surface area contributed by atoms with Crippen molar-refractivity contribution in [2.45, 2.75) is 58.4 Å². The van der Waals surface area contributed by atoms with Crippen LogP contribution in [0.3, 0.4) is 0 Å². The molecule has 1 nitrogen and oxygen atoms in total. The van der Waals surface area contributed by atoms with Crippen LogP contribution in [0.2, 0.25) is 0 Å². The molecule has 0 aromatic heterocycles. The molecule has 0 saturated heterocycles. The van der Waals surface area contributed by atoms with Crippen LogP contribution in [0.5, 0.6) is 0 Å². The molecule has 1 heteroatoms. The van der Waals surface area contributed by atoms with Crippen molar-refractivity contribution >= 4 is 0 Å². The summed E-state index contributed by atoms with van der Waals surface area (Å²) in [6.45, 7) is 6.78. The van der Waals surface area contributed by atoms with Crippen molar-refractivity contribution in [2.75, 3.05) is 0 Å². The molecule has 0 amide bonds. The maximum absolute atomic E-state index is 6.24. The van der Waals surface area contributed by atoms with Crippen molar-refractivity contribution in [3.63, 3.8) is 0 Å². The highest BCUT2D eigenvalue weighted by Gasteiger charge is 2.30. The van der Waals surface area contributed by atoms with Gasteiger partial charge < -0.3 is 5.73 Å². The smallest absolute Gasteiger partial charge is 0.0151 e. The summed E-state index contributed by atoms with van der Waals surface area (Å²) in [7, 11) is 0. The minimum Gasteiger partial charge on any atom is -0.325 e. The van der Waals surface area contributed by atoms with Crippen molar-refractivity contribution < 1.29 is 0 Å². The summed E-state index contributed by atoms with van der Waals surface area (Å²) in [4.78, 5) is 0. The van der Waals surface area contributed by atoms with Gasteiger partial charge >= 0.3 is 0 Å². The summed E-state index contributed by atoms with van der Waals surface area (Å²) < 4.78 is 0. The molecular weight excluding hydrogens is 146 g/mol. The summed E-state index contributed by atoms with van der Waals surface area (Å²) in [6.07, 6.45) is 6.59. The van der Waals surface area contributed by atoms with E-state index in [1.807, 2.05) is 0 Å². The van der Waals surface area contributed by atoms with Gasteiger partial charge in [0.05, 0.1) is 0 Å². The topological polar surface area (TPSA) is 26.0 Å². The molecule has 0 aromatic rings. The number of rotatable bonds is 2. The fourth-order valence-corrected chi connectivity index (χ4v) is 2.21. The first-order valence-electron chi connectivity index (χ1n) is 5.35. The molecule has 0 bridgehead atoms. The number of hydrogen-bond acceptors (Lipinski definition) is 1. The summed E-state index contributed by atoms with van der Waals surface area (Å²) in [6, 6.07) is 0. The van der Waals surface area contributed by atoms with E-state index in [2.05, 4.69) is 20.8 Å². The third kappa shape index (κ3) is 2.22. The van der Waals surface area contributed by atoms with Crippen LogP contribution in [0.1, 0.15) is 52.9 Å². The average Bonchev–Trinajstić information content (AvgIpc) is 2.05. The summed E-state index contributed by atoms with van der Waals surface area (Å²) in [5, 5.41) is 0. The number of hydrogen-bond donors (Lipinski definition) is 1. The van der Waals surface area contributed by atoms with E-state index < -0.39 is 0 Å². The van der Waals surface area contributed by atoms with Gasteiger partial charge in [-0.1, -0.05) is 26.7 Å². The molecule has 72 valence electrons. The third-order valence-electron chi connectivity index (χ3n) is 3.71. The highest BCUT2D eigenvalue weighted by atomic mass is 14.7. The van der Waals surface area contributed by atoms with Gasteiger partial charge in [-0.05, 0) is 38.0 Å². The maximum atomic E-state index is 6.24. The van der Waals surface area contributed by atoms with E-state index in [0.717, 1.165) is 18.3 Å². The van der Waals surface area contributed by atoms with E-state index in [0.29, 0.717) is 0 Å². The Morgan fingerprint density at radius 3 is 2.17 bits per heavy atom. The van der Waals surface area contributed by atoms with E-state index in [-0.39, 0.29) is 5.54 Å². The van der Waals surface area contributed by atoms with E-state index in [9.17, 15) is 0 Å². The molecule has 1 fully saturated rings. The molecule has 1 unspecified atom stereocenters.